The van der Waals surface area contributed by atoms with Crippen LogP contribution in [0.1, 0.15) is 15.4 Å². The van der Waals surface area contributed by atoms with E-state index in [9.17, 15) is 4.79 Å². The molecular formula is C22H14ClN3OS2. The Balaban J connectivity index is 1.60. The lowest BCUT2D eigenvalue weighted by atomic mass is 10.2. The van der Waals surface area contributed by atoms with Gasteiger partial charge in [0.05, 0.1) is 26.5 Å². The highest BCUT2D eigenvalue weighted by Gasteiger charge is 2.25. The van der Waals surface area contributed by atoms with E-state index in [0.717, 1.165) is 20.5 Å². The number of aromatic nitrogens is 2. The molecular weight excluding hydrogens is 422 g/mol. The smallest absolute Gasteiger partial charge is 0.277 e. The maximum atomic E-state index is 13.5. The fourth-order valence-electron chi connectivity index (χ4n) is 3.09. The average Bonchev–Trinajstić information content (AvgIpc) is 3.37. The summed E-state index contributed by atoms with van der Waals surface area (Å²) in [6.45, 7) is 0.410. The highest BCUT2D eigenvalue weighted by atomic mass is 35.5. The molecule has 0 fully saturated rings. The summed E-state index contributed by atoms with van der Waals surface area (Å²) in [5.41, 5.74) is 2.56. The van der Waals surface area contributed by atoms with Crippen LogP contribution >= 0.6 is 34.3 Å². The average molecular weight is 436 g/mol. The number of carbonyl (C=O) groups is 1. The Morgan fingerprint density at radius 3 is 2.41 bits per heavy atom. The van der Waals surface area contributed by atoms with Crippen molar-refractivity contribution in [3.05, 3.63) is 88.4 Å². The normalized spacial score (nSPS) is 11.2. The van der Waals surface area contributed by atoms with Gasteiger partial charge in [0.1, 0.15) is 5.52 Å². The molecule has 4 nitrogen and oxygen atoms in total. The van der Waals surface area contributed by atoms with Crippen LogP contribution in [0.2, 0.25) is 5.02 Å². The second kappa shape index (κ2) is 7.55. The van der Waals surface area contributed by atoms with Crippen molar-refractivity contribution in [2.24, 2.45) is 0 Å². The lowest BCUT2D eigenvalue weighted by Gasteiger charge is -2.18. The number of rotatable bonds is 4. The number of anilines is 1. The van der Waals surface area contributed by atoms with Crippen LogP contribution in [0.5, 0.6) is 0 Å². The maximum absolute atomic E-state index is 13.5. The summed E-state index contributed by atoms with van der Waals surface area (Å²) in [5.74, 6) is -0.162. The van der Waals surface area contributed by atoms with Crippen LogP contribution < -0.4 is 4.90 Å². The molecule has 0 aliphatic carbocycles. The van der Waals surface area contributed by atoms with Gasteiger partial charge in [0.25, 0.3) is 5.91 Å². The van der Waals surface area contributed by atoms with Crippen molar-refractivity contribution in [3.63, 3.8) is 0 Å². The van der Waals surface area contributed by atoms with Crippen molar-refractivity contribution in [2.75, 3.05) is 4.90 Å². The van der Waals surface area contributed by atoms with Crippen LogP contribution in [0, 0.1) is 0 Å². The number of carbonyl (C=O) groups excluding carboxylic acids is 1. The lowest BCUT2D eigenvalue weighted by Crippen LogP contribution is -2.30. The molecule has 0 aliphatic rings. The van der Waals surface area contributed by atoms with Gasteiger partial charge in [-0.2, -0.15) is 0 Å². The number of hydrogen-bond acceptors (Lipinski definition) is 5. The molecule has 0 atom stereocenters. The first kappa shape index (κ1) is 18.2. The Morgan fingerprint density at radius 2 is 1.62 bits per heavy atom. The summed E-state index contributed by atoms with van der Waals surface area (Å²) in [4.78, 5) is 24.4. The molecule has 7 heteroatoms. The van der Waals surface area contributed by atoms with E-state index >= 15 is 0 Å². The van der Waals surface area contributed by atoms with E-state index in [4.69, 9.17) is 11.6 Å². The quantitative estimate of drug-likeness (QED) is 0.328. The van der Waals surface area contributed by atoms with Crippen molar-refractivity contribution in [3.8, 4) is 0 Å². The van der Waals surface area contributed by atoms with Crippen LogP contribution in [0.15, 0.2) is 72.8 Å². The van der Waals surface area contributed by atoms with Crippen molar-refractivity contribution in [1.82, 2.24) is 9.97 Å². The predicted octanol–water partition coefficient (Wildman–Crippen LogP) is 6.41. The molecule has 0 saturated heterocycles. The first-order chi connectivity index (χ1) is 14.2. The van der Waals surface area contributed by atoms with E-state index in [1.54, 1.807) is 4.90 Å². The summed E-state index contributed by atoms with van der Waals surface area (Å²) in [6.07, 6.45) is 0. The predicted molar refractivity (Wildman–Crippen MR) is 121 cm³/mol. The third-order valence-corrected chi connectivity index (χ3v) is 6.87. The van der Waals surface area contributed by atoms with Gasteiger partial charge >= 0.3 is 0 Å². The number of thiazole rings is 2. The van der Waals surface area contributed by atoms with E-state index in [1.807, 2.05) is 72.8 Å². The molecule has 3 aromatic carbocycles. The van der Waals surface area contributed by atoms with Crippen molar-refractivity contribution in [1.29, 1.82) is 0 Å². The van der Waals surface area contributed by atoms with Gasteiger partial charge in [-0.05, 0) is 29.8 Å². The summed E-state index contributed by atoms with van der Waals surface area (Å²) >= 11 is 9.17. The van der Waals surface area contributed by atoms with Gasteiger partial charge in [0, 0.05) is 0 Å². The highest BCUT2D eigenvalue weighted by Crippen LogP contribution is 2.35. The molecule has 2 heterocycles. The second-order valence-corrected chi connectivity index (χ2v) is 8.89. The highest BCUT2D eigenvalue weighted by molar-refractivity contribution is 7.23. The van der Waals surface area contributed by atoms with Gasteiger partial charge in [-0.3, -0.25) is 9.69 Å². The van der Waals surface area contributed by atoms with E-state index in [-0.39, 0.29) is 5.91 Å². The Bertz CT molecular complexity index is 1300. The Hall–Kier alpha value is -2.80. The van der Waals surface area contributed by atoms with E-state index in [2.05, 4.69) is 9.97 Å². The number of fused-ring (bicyclic) bond motifs is 2. The van der Waals surface area contributed by atoms with E-state index < -0.39 is 0 Å². The molecule has 142 valence electrons. The number of para-hydroxylation sites is 2. The Morgan fingerprint density at radius 1 is 0.862 bits per heavy atom. The van der Waals surface area contributed by atoms with Gasteiger partial charge in [-0.15, -0.1) is 11.3 Å². The molecule has 0 bridgehead atoms. The number of nitrogens with zero attached hydrogens (tertiary/aromatic N) is 3. The zero-order valence-electron chi connectivity index (χ0n) is 15.1. The van der Waals surface area contributed by atoms with Crippen LogP contribution in [-0.4, -0.2) is 15.9 Å². The van der Waals surface area contributed by atoms with Gasteiger partial charge in [-0.25, -0.2) is 9.97 Å². The minimum Gasteiger partial charge on any atom is -0.277 e. The number of halogens is 1. The molecule has 29 heavy (non-hydrogen) atoms. The zero-order valence-corrected chi connectivity index (χ0v) is 17.5. The monoisotopic (exact) mass is 435 g/mol. The van der Waals surface area contributed by atoms with Crippen LogP contribution in [-0.2, 0) is 6.54 Å². The topological polar surface area (TPSA) is 46.1 Å². The first-order valence-electron chi connectivity index (χ1n) is 8.95. The molecule has 5 rings (SSSR count). The molecule has 0 saturated carbocycles. The third kappa shape index (κ3) is 3.51. The van der Waals surface area contributed by atoms with Crippen LogP contribution in [0.3, 0.4) is 0 Å². The molecule has 0 unspecified atom stereocenters. The minimum atomic E-state index is -0.162. The molecule has 0 aliphatic heterocycles. The minimum absolute atomic E-state index is 0.162. The molecule has 2 aromatic heterocycles. The number of benzene rings is 3. The van der Waals surface area contributed by atoms with E-state index in [0.29, 0.717) is 27.2 Å². The molecule has 0 radical (unpaired) electrons. The largest absolute Gasteiger partial charge is 0.289 e. The van der Waals surface area contributed by atoms with Crippen molar-refractivity contribution in [2.45, 2.75) is 6.54 Å². The summed E-state index contributed by atoms with van der Waals surface area (Å²) in [6, 6.07) is 23.3. The zero-order chi connectivity index (χ0) is 19.8. The fraction of sp³-hybridized carbons (Fsp3) is 0.0455. The summed E-state index contributed by atoms with van der Waals surface area (Å²) < 4.78 is 1.94. The van der Waals surface area contributed by atoms with Gasteiger partial charge in [0.15, 0.2) is 10.1 Å². The SMILES string of the molecule is O=C(c1nc2ccccc2s1)N(Cc1ccccc1)c1nc2c(Cl)cccc2s1. The molecule has 0 spiro atoms. The molecule has 1 amide bonds. The van der Waals surface area contributed by atoms with Crippen molar-refractivity contribution < 1.29 is 4.79 Å². The maximum Gasteiger partial charge on any atom is 0.289 e. The van der Waals surface area contributed by atoms with E-state index in [1.165, 1.54) is 22.7 Å². The third-order valence-electron chi connectivity index (χ3n) is 4.49. The van der Waals surface area contributed by atoms with Gasteiger partial charge < -0.3 is 0 Å². The summed E-state index contributed by atoms with van der Waals surface area (Å²) in [7, 11) is 0. The standard InChI is InChI=1S/C22H14ClN3OS2/c23-15-9-6-12-18-19(15)25-22(29-18)26(13-14-7-2-1-3-8-14)21(27)20-24-16-10-4-5-11-17(16)28-20/h1-12H,13H2. The van der Waals surface area contributed by atoms with Gasteiger partial charge in [0.2, 0.25) is 0 Å². The Labute approximate surface area is 180 Å². The fourth-order valence-corrected chi connectivity index (χ4v) is 5.27. The first-order valence-corrected chi connectivity index (χ1v) is 11.0. The van der Waals surface area contributed by atoms with Crippen LogP contribution in [0.4, 0.5) is 5.13 Å². The number of amides is 1. The molecule has 0 N–H and O–H groups in total. The number of hydrogen-bond donors (Lipinski definition) is 0. The summed E-state index contributed by atoms with van der Waals surface area (Å²) in [5, 5.41) is 1.64. The second-order valence-electron chi connectivity index (χ2n) is 6.45. The molecule has 5 aromatic rings. The van der Waals surface area contributed by atoms with Crippen molar-refractivity contribution >= 4 is 65.7 Å². The lowest BCUT2D eigenvalue weighted by molar-refractivity contribution is 0.0985. The Kier molecular flexibility index (Phi) is 4.75. The van der Waals surface area contributed by atoms with Gasteiger partial charge in [-0.1, -0.05) is 71.5 Å². The van der Waals surface area contributed by atoms with Crippen LogP contribution in [0.25, 0.3) is 20.4 Å².